The van der Waals surface area contributed by atoms with Gasteiger partial charge < -0.3 is 34.6 Å². The van der Waals surface area contributed by atoms with E-state index in [1.807, 2.05) is 20.8 Å². The molecule has 5 rings (SSSR count). The van der Waals surface area contributed by atoms with E-state index < -0.39 is 58.0 Å². The van der Waals surface area contributed by atoms with Gasteiger partial charge in [0, 0.05) is 24.2 Å². The van der Waals surface area contributed by atoms with Crippen LogP contribution in [0.2, 0.25) is 0 Å². The molecular weight excluding hydrogens is 428 g/mol. The SMILES string of the molecule is CCOC(=O)[C@@H]1CC[C@]2(O)[C@@H]3CC[C@]4(O)C[C@H](O)C[C@@H]5OC(C)(C)OC[C@@]54[C@@H]3[C@H](O)C[C@]12C. The fourth-order valence-corrected chi connectivity index (χ4v) is 8.89. The molecule has 0 aromatic heterocycles. The topological polar surface area (TPSA) is 126 Å². The number of ether oxygens (including phenoxy) is 3. The van der Waals surface area contributed by atoms with Crippen LogP contribution < -0.4 is 0 Å². The molecule has 0 amide bonds. The molecule has 8 heteroatoms. The summed E-state index contributed by atoms with van der Waals surface area (Å²) in [6.45, 7) is 7.81. The van der Waals surface area contributed by atoms with Crippen LogP contribution >= 0.6 is 0 Å². The van der Waals surface area contributed by atoms with Crippen LogP contribution in [0.3, 0.4) is 0 Å². The van der Waals surface area contributed by atoms with E-state index in [0.717, 1.165) is 0 Å². The molecule has 4 saturated carbocycles. The van der Waals surface area contributed by atoms with Crippen LogP contribution in [-0.4, -0.2) is 74.9 Å². The number of hydrogen-bond acceptors (Lipinski definition) is 8. The molecule has 0 radical (unpaired) electrons. The zero-order chi connectivity index (χ0) is 24.0. The van der Waals surface area contributed by atoms with E-state index >= 15 is 0 Å². The molecule has 5 fully saturated rings. The van der Waals surface area contributed by atoms with Gasteiger partial charge in [-0.2, -0.15) is 0 Å². The summed E-state index contributed by atoms with van der Waals surface area (Å²) in [6, 6.07) is 0. The number of esters is 1. The number of carbonyl (C=O) groups excluding carboxylic acids is 1. The predicted octanol–water partition coefficient (Wildman–Crippen LogP) is 1.51. The van der Waals surface area contributed by atoms with Crippen molar-refractivity contribution >= 4 is 5.97 Å². The van der Waals surface area contributed by atoms with Gasteiger partial charge in [-0.3, -0.25) is 4.79 Å². The molecule has 4 N–H and O–H groups in total. The van der Waals surface area contributed by atoms with Crippen molar-refractivity contribution in [3.63, 3.8) is 0 Å². The largest absolute Gasteiger partial charge is 0.466 e. The third kappa shape index (κ3) is 3.01. The van der Waals surface area contributed by atoms with Gasteiger partial charge in [0.05, 0.1) is 54.1 Å². The van der Waals surface area contributed by atoms with Gasteiger partial charge >= 0.3 is 5.97 Å². The van der Waals surface area contributed by atoms with Crippen LogP contribution in [-0.2, 0) is 19.0 Å². The van der Waals surface area contributed by atoms with Crippen LogP contribution in [0.25, 0.3) is 0 Å². The Kier molecular flexibility index (Phi) is 5.35. The van der Waals surface area contributed by atoms with Crippen molar-refractivity contribution in [3.8, 4) is 0 Å². The summed E-state index contributed by atoms with van der Waals surface area (Å²) in [4.78, 5) is 12.8. The highest BCUT2D eigenvalue weighted by Gasteiger charge is 2.77. The molecular formula is C25H40O8. The molecule has 1 spiro atoms. The predicted molar refractivity (Wildman–Crippen MR) is 117 cm³/mol. The molecule has 8 nitrogen and oxygen atoms in total. The fourth-order valence-electron chi connectivity index (χ4n) is 8.89. The molecule has 5 aliphatic rings. The molecule has 33 heavy (non-hydrogen) atoms. The number of fused-ring (bicyclic) bond motifs is 3. The third-order valence-corrected chi connectivity index (χ3v) is 10.3. The Bertz CT molecular complexity index is 816. The molecule has 1 heterocycles. The normalized spacial score (nSPS) is 55.0. The number of carbonyl (C=O) groups is 1. The fraction of sp³-hybridized carbons (Fsp3) is 0.960. The summed E-state index contributed by atoms with van der Waals surface area (Å²) in [5.74, 6) is -2.44. The van der Waals surface area contributed by atoms with Gasteiger partial charge in [-0.25, -0.2) is 0 Å². The maximum atomic E-state index is 12.8. The number of hydrogen-bond donors (Lipinski definition) is 4. The molecule has 0 unspecified atom stereocenters. The van der Waals surface area contributed by atoms with Crippen LogP contribution in [0, 0.1) is 28.6 Å². The minimum Gasteiger partial charge on any atom is -0.466 e. The smallest absolute Gasteiger partial charge is 0.309 e. The highest BCUT2D eigenvalue weighted by atomic mass is 16.7. The quantitative estimate of drug-likeness (QED) is 0.450. The molecule has 1 aliphatic heterocycles. The Hall–Kier alpha value is -0.770. The lowest BCUT2D eigenvalue weighted by Crippen LogP contribution is -2.78. The van der Waals surface area contributed by atoms with Gasteiger partial charge in [-0.05, 0) is 58.8 Å². The zero-order valence-corrected chi connectivity index (χ0v) is 20.2. The van der Waals surface area contributed by atoms with Gasteiger partial charge in [-0.1, -0.05) is 6.92 Å². The highest BCUT2D eigenvalue weighted by Crippen LogP contribution is 2.71. The monoisotopic (exact) mass is 468 g/mol. The van der Waals surface area contributed by atoms with Crippen molar-refractivity contribution in [2.75, 3.05) is 13.2 Å². The Labute approximate surface area is 195 Å². The number of aliphatic hydroxyl groups is 4. The zero-order valence-electron chi connectivity index (χ0n) is 20.2. The Balaban J connectivity index is 1.58. The van der Waals surface area contributed by atoms with E-state index in [4.69, 9.17) is 14.2 Å². The summed E-state index contributed by atoms with van der Waals surface area (Å²) in [6.07, 6.45) is 0.587. The lowest BCUT2D eigenvalue weighted by Gasteiger charge is -2.70. The summed E-state index contributed by atoms with van der Waals surface area (Å²) in [5.41, 5.74) is -4.19. The van der Waals surface area contributed by atoms with E-state index in [-0.39, 0.29) is 37.9 Å². The summed E-state index contributed by atoms with van der Waals surface area (Å²) in [7, 11) is 0. The second-order valence-corrected chi connectivity index (χ2v) is 12.1. The first kappa shape index (κ1) is 23.9. The van der Waals surface area contributed by atoms with Gasteiger partial charge in [0.25, 0.3) is 0 Å². The van der Waals surface area contributed by atoms with E-state index in [0.29, 0.717) is 32.1 Å². The minimum atomic E-state index is -1.27. The van der Waals surface area contributed by atoms with Gasteiger partial charge in [0.2, 0.25) is 0 Å². The van der Waals surface area contributed by atoms with Crippen molar-refractivity contribution in [3.05, 3.63) is 0 Å². The summed E-state index contributed by atoms with van der Waals surface area (Å²) >= 11 is 0. The highest BCUT2D eigenvalue weighted by molar-refractivity contribution is 5.74. The van der Waals surface area contributed by atoms with Crippen LogP contribution in [0.1, 0.15) is 72.6 Å². The first-order valence-electron chi connectivity index (χ1n) is 12.6. The molecule has 0 bridgehead atoms. The molecule has 10 atom stereocenters. The van der Waals surface area contributed by atoms with Crippen LogP contribution in [0.5, 0.6) is 0 Å². The standard InChI is InChI=1S/C25H40O8/c1-5-31-20(28)16-7-9-25(30)15-6-8-23(29)11-14(26)10-18-24(23,13-32-21(2,3)33-18)19(15)17(27)12-22(16,25)4/h14-19,26-27,29-30H,5-13H2,1-4H3/t14-,15-,16+,17-,18+,19+,22-,23+,24+,25+/m1/s1. The first-order chi connectivity index (χ1) is 15.3. The van der Waals surface area contributed by atoms with Crippen molar-refractivity contribution in [1.29, 1.82) is 0 Å². The van der Waals surface area contributed by atoms with Crippen LogP contribution in [0.15, 0.2) is 0 Å². The Morgan fingerprint density at radius 3 is 2.52 bits per heavy atom. The minimum absolute atomic E-state index is 0.195. The number of aliphatic hydroxyl groups excluding tert-OH is 2. The van der Waals surface area contributed by atoms with Crippen LogP contribution in [0.4, 0.5) is 0 Å². The first-order valence-corrected chi connectivity index (χ1v) is 12.6. The van der Waals surface area contributed by atoms with Crippen molar-refractivity contribution < 1.29 is 39.4 Å². The van der Waals surface area contributed by atoms with E-state index in [9.17, 15) is 25.2 Å². The lowest BCUT2D eigenvalue weighted by atomic mass is 9.40. The van der Waals surface area contributed by atoms with E-state index in [2.05, 4.69) is 0 Å². The van der Waals surface area contributed by atoms with Gasteiger partial charge in [0.15, 0.2) is 5.79 Å². The summed E-state index contributed by atoms with van der Waals surface area (Å²) < 4.78 is 17.8. The molecule has 0 aromatic rings. The maximum absolute atomic E-state index is 12.8. The van der Waals surface area contributed by atoms with Gasteiger partial charge in [-0.15, -0.1) is 0 Å². The second-order valence-electron chi connectivity index (χ2n) is 12.1. The third-order valence-electron chi connectivity index (χ3n) is 10.3. The molecule has 188 valence electrons. The summed E-state index contributed by atoms with van der Waals surface area (Å²) in [5, 5.41) is 46.6. The lowest BCUT2D eigenvalue weighted by molar-refractivity contribution is -0.401. The van der Waals surface area contributed by atoms with E-state index in [1.54, 1.807) is 6.92 Å². The van der Waals surface area contributed by atoms with E-state index in [1.165, 1.54) is 0 Å². The Morgan fingerprint density at radius 1 is 1.09 bits per heavy atom. The van der Waals surface area contributed by atoms with Crippen molar-refractivity contribution in [2.45, 2.75) is 108 Å². The molecule has 0 aromatic carbocycles. The molecule has 1 saturated heterocycles. The average Bonchev–Trinajstić information content (AvgIpc) is 2.97. The maximum Gasteiger partial charge on any atom is 0.309 e. The van der Waals surface area contributed by atoms with Crippen molar-refractivity contribution in [1.82, 2.24) is 0 Å². The molecule has 4 aliphatic carbocycles. The average molecular weight is 469 g/mol. The number of rotatable bonds is 2. The second kappa shape index (κ2) is 7.37. The Morgan fingerprint density at radius 2 is 1.82 bits per heavy atom. The van der Waals surface area contributed by atoms with Crippen molar-refractivity contribution in [2.24, 2.45) is 28.6 Å². The van der Waals surface area contributed by atoms with Gasteiger partial charge in [0.1, 0.15) is 0 Å².